The number of anilines is 2. The first kappa shape index (κ1) is 17.7. The molecule has 0 bridgehead atoms. The van der Waals surface area contributed by atoms with Gasteiger partial charge >= 0.3 is 0 Å². The molecule has 2 aromatic rings. The Hall–Kier alpha value is -2.74. The van der Waals surface area contributed by atoms with Gasteiger partial charge in [0.2, 0.25) is 5.91 Å². The van der Waals surface area contributed by atoms with E-state index in [0.29, 0.717) is 13.0 Å². The molecule has 2 aliphatic heterocycles. The minimum atomic E-state index is -3.92. The predicted octanol–water partition coefficient (Wildman–Crippen LogP) is 2.52. The van der Waals surface area contributed by atoms with E-state index in [9.17, 15) is 22.4 Å². The Morgan fingerprint density at radius 2 is 1.78 bits per heavy atom. The van der Waals surface area contributed by atoms with Gasteiger partial charge in [-0.1, -0.05) is 0 Å². The third-order valence-electron chi connectivity index (χ3n) is 4.98. The minimum Gasteiger partial charge on any atom is -0.312 e. The van der Waals surface area contributed by atoms with Crippen LogP contribution in [0.2, 0.25) is 0 Å². The first-order valence-electron chi connectivity index (χ1n) is 8.55. The molecule has 2 aromatic carbocycles. The van der Waals surface area contributed by atoms with Crippen molar-refractivity contribution in [3.8, 4) is 0 Å². The fourth-order valence-electron chi connectivity index (χ4n) is 3.65. The fraction of sp³-hybridized carbons (Fsp3) is 0.263. The number of amides is 1. The number of benzene rings is 2. The Labute approximate surface area is 156 Å². The normalized spacial score (nSPS) is 16.3. The number of hydrogen-bond acceptors (Lipinski definition) is 4. The number of Topliss-reactive ketones (excluding diaryl/α,β-unsaturated/α-hetero) is 1. The van der Waals surface area contributed by atoms with E-state index < -0.39 is 15.8 Å². The summed E-state index contributed by atoms with van der Waals surface area (Å²) in [5.74, 6) is -0.944. The molecule has 0 fully saturated rings. The largest absolute Gasteiger partial charge is 0.312 e. The van der Waals surface area contributed by atoms with Crippen LogP contribution in [0.5, 0.6) is 0 Å². The molecule has 6 nitrogen and oxygen atoms in total. The Morgan fingerprint density at radius 1 is 1.04 bits per heavy atom. The summed E-state index contributed by atoms with van der Waals surface area (Å²) in [5.41, 5.74) is 1.78. The predicted molar refractivity (Wildman–Crippen MR) is 98.1 cm³/mol. The van der Waals surface area contributed by atoms with Gasteiger partial charge in [-0.05, 0) is 48.4 Å². The summed E-state index contributed by atoms with van der Waals surface area (Å²) in [4.78, 5) is 25.5. The second kappa shape index (κ2) is 6.16. The smallest absolute Gasteiger partial charge is 0.264 e. The molecule has 0 unspecified atom stereocenters. The monoisotopic (exact) mass is 388 g/mol. The van der Waals surface area contributed by atoms with Crippen molar-refractivity contribution in [3.63, 3.8) is 0 Å². The highest BCUT2D eigenvalue weighted by Gasteiger charge is 2.33. The number of carbonyl (C=O) groups excluding carboxylic acids is 2. The molecule has 4 rings (SSSR count). The highest BCUT2D eigenvalue weighted by atomic mass is 32.2. The summed E-state index contributed by atoms with van der Waals surface area (Å²) in [7, 11) is -3.92. The molecule has 0 N–H and O–H groups in total. The number of nitrogens with zero attached hydrogens (tertiary/aromatic N) is 2. The van der Waals surface area contributed by atoms with Crippen molar-refractivity contribution < 1.29 is 22.4 Å². The van der Waals surface area contributed by atoms with Crippen LogP contribution in [0.1, 0.15) is 29.3 Å². The quantitative estimate of drug-likeness (QED) is 0.792. The van der Waals surface area contributed by atoms with E-state index in [-0.39, 0.29) is 40.8 Å². The third kappa shape index (κ3) is 2.80. The molecule has 0 spiro atoms. The van der Waals surface area contributed by atoms with E-state index in [4.69, 9.17) is 0 Å². The maximum atomic E-state index is 13.5. The van der Waals surface area contributed by atoms with E-state index in [2.05, 4.69) is 0 Å². The van der Waals surface area contributed by atoms with Crippen molar-refractivity contribution in [3.05, 3.63) is 53.3 Å². The lowest BCUT2D eigenvalue weighted by Crippen LogP contribution is -2.37. The average molecular weight is 388 g/mol. The Balaban J connectivity index is 1.77. The van der Waals surface area contributed by atoms with Crippen LogP contribution in [-0.4, -0.2) is 33.2 Å². The highest BCUT2D eigenvalue weighted by Crippen LogP contribution is 2.35. The number of halogens is 1. The van der Waals surface area contributed by atoms with Crippen molar-refractivity contribution in [2.45, 2.75) is 24.7 Å². The summed E-state index contributed by atoms with van der Waals surface area (Å²) >= 11 is 0. The first-order valence-corrected chi connectivity index (χ1v) is 9.99. The van der Waals surface area contributed by atoms with Gasteiger partial charge in [-0.25, -0.2) is 12.8 Å². The zero-order valence-electron chi connectivity index (χ0n) is 14.6. The van der Waals surface area contributed by atoms with Gasteiger partial charge in [-0.3, -0.25) is 13.9 Å². The van der Waals surface area contributed by atoms with Crippen molar-refractivity contribution in [2.24, 2.45) is 0 Å². The number of rotatable bonds is 2. The van der Waals surface area contributed by atoms with Gasteiger partial charge in [0.15, 0.2) is 5.78 Å². The summed E-state index contributed by atoms with van der Waals surface area (Å²) in [5, 5.41) is 0. The molecule has 0 saturated carbocycles. The van der Waals surface area contributed by atoms with Crippen LogP contribution in [0.25, 0.3) is 0 Å². The van der Waals surface area contributed by atoms with Crippen molar-refractivity contribution in [1.29, 1.82) is 0 Å². The summed E-state index contributed by atoms with van der Waals surface area (Å²) in [6, 6.07) is 8.23. The molecule has 0 atom stereocenters. The molecule has 8 heteroatoms. The Morgan fingerprint density at radius 3 is 2.52 bits per heavy atom. The van der Waals surface area contributed by atoms with Gasteiger partial charge in [0, 0.05) is 37.7 Å². The van der Waals surface area contributed by atoms with E-state index in [1.165, 1.54) is 19.1 Å². The fourth-order valence-corrected chi connectivity index (χ4v) is 5.19. The average Bonchev–Trinajstić information content (AvgIpc) is 3.05. The summed E-state index contributed by atoms with van der Waals surface area (Å²) in [6.45, 7) is 2.01. The molecule has 0 radical (unpaired) electrons. The van der Waals surface area contributed by atoms with Gasteiger partial charge in [-0.2, -0.15) is 0 Å². The molecule has 2 heterocycles. The maximum absolute atomic E-state index is 13.5. The molecule has 27 heavy (non-hydrogen) atoms. The summed E-state index contributed by atoms with van der Waals surface area (Å²) in [6.07, 6.45) is 0.581. The maximum Gasteiger partial charge on any atom is 0.264 e. The van der Waals surface area contributed by atoms with Crippen LogP contribution in [0, 0.1) is 5.82 Å². The lowest BCUT2D eigenvalue weighted by molar-refractivity contribution is -0.116. The van der Waals surface area contributed by atoms with Gasteiger partial charge in [0.1, 0.15) is 5.82 Å². The highest BCUT2D eigenvalue weighted by molar-refractivity contribution is 7.92. The molecule has 140 valence electrons. The zero-order valence-corrected chi connectivity index (χ0v) is 15.4. The first-order chi connectivity index (χ1) is 12.8. The van der Waals surface area contributed by atoms with Gasteiger partial charge < -0.3 is 4.90 Å². The number of carbonyl (C=O) groups is 2. The molecule has 0 aromatic heterocycles. The number of hydrogen-bond donors (Lipinski definition) is 0. The van der Waals surface area contributed by atoms with Gasteiger partial charge in [0.25, 0.3) is 10.0 Å². The van der Waals surface area contributed by atoms with E-state index >= 15 is 0 Å². The van der Waals surface area contributed by atoms with Crippen molar-refractivity contribution in [1.82, 2.24) is 0 Å². The van der Waals surface area contributed by atoms with E-state index in [1.807, 2.05) is 0 Å². The molecule has 1 amide bonds. The molecule has 0 saturated heterocycles. The summed E-state index contributed by atoms with van der Waals surface area (Å²) < 4.78 is 41.1. The van der Waals surface area contributed by atoms with Crippen molar-refractivity contribution in [2.75, 3.05) is 22.3 Å². The standard InChI is InChI=1S/C19H17FN2O4S/c1-12(23)21-8-6-13-10-15(3-5-17(13)21)27(25,26)22-9-7-19(24)16-11-14(20)2-4-18(16)22/h2-5,10-11H,6-9H2,1H3. The van der Waals surface area contributed by atoms with Gasteiger partial charge in [0.05, 0.1) is 10.6 Å². The minimum absolute atomic E-state index is 0.00125. The number of ketones is 1. The Kier molecular flexibility index (Phi) is 4.03. The molecular weight excluding hydrogens is 371 g/mol. The van der Waals surface area contributed by atoms with Crippen LogP contribution in [0.4, 0.5) is 15.8 Å². The van der Waals surface area contributed by atoms with Crippen LogP contribution in [0.3, 0.4) is 0 Å². The van der Waals surface area contributed by atoms with Gasteiger partial charge in [-0.15, -0.1) is 0 Å². The Bertz CT molecular complexity index is 1080. The van der Waals surface area contributed by atoms with Crippen molar-refractivity contribution >= 4 is 33.1 Å². The topological polar surface area (TPSA) is 74.8 Å². The molecular formula is C19H17FN2O4S. The second-order valence-corrected chi connectivity index (χ2v) is 8.49. The van der Waals surface area contributed by atoms with Crippen LogP contribution in [-0.2, 0) is 21.2 Å². The van der Waals surface area contributed by atoms with Crippen LogP contribution >= 0.6 is 0 Å². The number of sulfonamides is 1. The third-order valence-corrected chi connectivity index (χ3v) is 6.79. The SMILES string of the molecule is CC(=O)N1CCc2cc(S(=O)(=O)N3CCC(=O)c4cc(F)ccc43)ccc21. The van der Waals surface area contributed by atoms with Crippen LogP contribution in [0.15, 0.2) is 41.3 Å². The molecule has 2 aliphatic rings. The lowest BCUT2D eigenvalue weighted by atomic mass is 10.0. The van der Waals surface area contributed by atoms with Crippen LogP contribution < -0.4 is 9.21 Å². The lowest BCUT2D eigenvalue weighted by Gasteiger charge is -2.30. The molecule has 0 aliphatic carbocycles. The van der Waals surface area contributed by atoms with E-state index in [1.54, 1.807) is 17.0 Å². The zero-order chi connectivity index (χ0) is 19.3. The number of fused-ring (bicyclic) bond motifs is 2. The second-order valence-electron chi connectivity index (χ2n) is 6.62. The van der Waals surface area contributed by atoms with E-state index in [0.717, 1.165) is 27.7 Å².